The van der Waals surface area contributed by atoms with E-state index in [2.05, 4.69) is 10.3 Å². The highest BCUT2D eigenvalue weighted by atomic mass is 35.5. The first-order valence-corrected chi connectivity index (χ1v) is 9.14. The zero-order valence-electron chi connectivity index (χ0n) is 16.4. The van der Waals surface area contributed by atoms with E-state index >= 15 is 0 Å². The maximum absolute atomic E-state index is 14.5. The van der Waals surface area contributed by atoms with Crippen LogP contribution in [0.25, 0.3) is 0 Å². The molecule has 29 heavy (non-hydrogen) atoms. The van der Waals surface area contributed by atoms with Gasteiger partial charge in [0.15, 0.2) is 11.6 Å². The summed E-state index contributed by atoms with van der Waals surface area (Å²) in [4.78, 5) is 17.0. The van der Waals surface area contributed by atoms with Crippen molar-refractivity contribution in [3.63, 3.8) is 0 Å². The number of carbonyl (C=O) groups is 1. The molecule has 0 aliphatic rings. The van der Waals surface area contributed by atoms with E-state index in [0.717, 1.165) is 6.07 Å². The van der Waals surface area contributed by atoms with Crippen LogP contribution in [0.5, 0.6) is 0 Å². The summed E-state index contributed by atoms with van der Waals surface area (Å²) >= 11 is 5.92. The highest BCUT2D eigenvalue weighted by Gasteiger charge is 2.36. The Kier molecular flexibility index (Phi) is 6.65. The van der Waals surface area contributed by atoms with Crippen LogP contribution in [-0.4, -0.2) is 32.7 Å². The summed E-state index contributed by atoms with van der Waals surface area (Å²) in [7, 11) is 0. The largest absolute Gasteiger partial charge is 0.465 e. The van der Waals surface area contributed by atoms with Crippen molar-refractivity contribution in [2.45, 2.75) is 45.3 Å². The van der Waals surface area contributed by atoms with Gasteiger partial charge in [-0.15, -0.1) is 0 Å². The van der Waals surface area contributed by atoms with Crippen molar-refractivity contribution in [1.82, 2.24) is 9.88 Å². The van der Waals surface area contributed by atoms with E-state index < -0.39 is 35.4 Å². The van der Waals surface area contributed by atoms with Crippen molar-refractivity contribution in [2.24, 2.45) is 0 Å². The number of benzene rings is 1. The molecule has 0 unspecified atom stereocenters. The van der Waals surface area contributed by atoms with E-state index in [4.69, 9.17) is 16.9 Å². The number of nitrogens with zero attached hydrogens (tertiary/aromatic N) is 3. The number of aromatic nitrogens is 1. The van der Waals surface area contributed by atoms with Gasteiger partial charge in [0.2, 0.25) is 0 Å². The maximum Gasteiger partial charge on any atom is 0.408 e. The highest BCUT2D eigenvalue weighted by Crippen LogP contribution is 2.31. The highest BCUT2D eigenvalue weighted by molar-refractivity contribution is 6.30. The van der Waals surface area contributed by atoms with E-state index in [0.29, 0.717) is 5.56 Å². The van der Waals surface area contributed by atoms with Crippen LogP contribution in [0.4, 0.5) is 19.4 Å². The zero-order valence-corrected chi connectivity index (χ0v) is 17.1. The van der Waals surface area contributed by atoms with Gasteiger partial charge < -0.3 is 10.4 Å². The zero-order chi connectivity index (χ0) is 21.9. The fraction of sp³-hybridized carbons (Fsp3) is 0.350. The minimum Gasteiger partial charge on any atom is -0.465 e. The van der Waals surface area contributed by atoms with Gasteiger partial charge in [-0.2, -0.15) is 5.26 Å². The van der Waals surface area contributed by atoms with Crippen molar-refractivity contribution in [1.29, 1.82) is 5.26 Å². The molecule has 0 saturated carbocycles. The molecule has 2 atom stereocenters. The molecule has 0 spiro atoms. The molecule has 2 rings (SSSR count). The van der Waals surface area contributed by atoms with E-state index in [1.165, 1.54) is 29.2 Å². The minimum atomic E-state index is -1.16. The van der Waals surface area contributed by atoms with Crippen molar-refractivity contribution in [3.05, 3.63) is 58.2 Å². The van der Waals surface area contributed by atoms with Crippen LogP contribution in [0.1, 0.15) is 44.9 Å². The Morgan fingerprint density at radius 2 is 1.90 bits per heavy atom. The third-order valence-corrected chi connectivity index (χ3v) is 4.68. The Bertz CT molecular complexity index is 939. The van der Waals surface area contributed by atoms with Crippen LogP contribution >= 0.6 is 11.6 Å². The first-order valence-electron chi connectivity index (χ1n) is 8.76. The van der Waals surface area contributed by atoms with Crippen LogP contribution < -0.4 is 5.32 Å². The smallest absolute Gasteiger partial charge is 0.408 e. The van der Waals surface area contributed by atoms with Gasteiger partial charge in [0.05, 0.1) is 17.6 Å². The molecule has 0 saturated heterocycles. The van der Waals surface area contributed by atoms with Crippen LogP contribution in [0.3, 0.4) is 0 Å². The second-order valence-corrected chi connectivity index (χ2v) is 7.86. The fourth-order valence-corrected chi connectivity index (χ4v) is 3.35. The molecule has 2 N–H and O–H groups in total. The number of carboxylic acid groups (broad SMARTS) is 1. The number of hydrogen-bond acceptors (Lipinski definition) is 4. The van der Waals surface area contributed by atoms with Crippen molar-refractivity contribution in [3.8, 4) is 6.07 Å². The van der Waals surface area contributed by atoms with Crippen LogP contribution in [0.15, 0.2) is 30.3 Å². The second kappa shape index (κ2) is 8.62. The van der Waals surface area contributed by atoms with Crippen molar-refractivity contribution >= 4 is 23.5 Å². The number of rotatable bonds is 5. The van der Waals surface area contributed by atoms with E-state index in [9.17, 15) is 18.7 Å². The Labute approximate surface area is 172 Å². The second-order valence-electron chi connectivity index (χ2n) is 7.51. The maximum atomic E-state index is 14.5. The molecule has 0 aliphatic heterocycles. The van der Waals surface area contributed by atoms with Gasteiger partial charge in [-0.05, 0) is 51.5 Å². The predicted molar refractivity (Wildman–Crippen MR) is 106 cm³/mol. The fourth-order valence-electron chi connectivity index (χ4n) is 3.17. The summed E-state index contributed by atoms with van der Waals surface area (Å²) in [5.41, 5.74) is -0.363. The number of nitriles is 1. The lowest BCUT2D eigenvalue weighted by atomic mass is 9.95. The number of hydrogen-bond donors (Lipinski definition) is 2. The molecule has 2 aromatic rings. The Hall–Kier alpha value is -2.92. The summed E-state index contributed by atoms with van der Waals surface area (Å²) in [6, 6.07) is 6.63. The molecular formula is C20H21ClF2N4O2. The van der Waals surface area contributed by atoms with Crippen LogP contribution in [0, 0.1) is 23.0 Å². The van der Waals surface area contributed by atoms with Gasteiger partial charge in [-0.3, -0.25) is 4.90 Å². The lowest BCUT2D eigenvalue weighted by molar-refractivity contribution is 0.0692. The summed E-state index contributed by atoms with van der Waals surface area (Å²) in [5.74, 6) is -1.52. The molecular weight excluding hydrogens is 402 g/mol. The van der Waals surface area contributed by atoms with Crippen molar-refractivity contribution in [2.75, 3.05) is 5.32 Å². The quantitative estimate of drug-likeness (QED) is 0.646. The standard InChI is InChI=1S/C20H21ClF2N4O2/c1-11(27(19(28)29)20(2,3)4)16(12-5-7-14(22)8-6-12)25-18-15(23)9-13(10-24)17(21)26-18/h5-9,11,16H,1-4H3,(H,25,26)(H,28,29)/t11-,16-/m0/s1. The summed E-state index contributed by atoms with van der Waals surface area (Å²) in [6.07, 6.45) is -1.16. The lowest BCUT2D eigenvalue weighted by Gasteiger charge is -2.42. The summed E-state index contributed by atoms with van der Waals surface area (Å²) in [6.45, 7) is 6.85. The SMILES string of the molecule is C[C@@H]([C@H](Nc1nc(Cl)c(C#N)cc1F)c1ccc(F)cc1)N(C(=O)O)C(C)(C)C. The average molecular weight is 423 g/mol. The molecule has 0 aliphatic carbocycles. The minimum absolute atomic E-state index is 0.122. The summed E-state index contributed by atoms with van der Waals surface area (Å²) in [5, 5.41) is 21.4. The van der Waals surface area contributed by atoms with E-state index in [-0.39, 0.29) is 16.5 Å². The first kappa shape index (κ1) is 22.4. The molecule has 1 amide bonds. The number of nitrogens with one attached hydrogen (secondary N) is 1. The molecule has 6 nitrogen and oxygen atoms in total. The Morgan fingerprint density at radius 1 is 1.31 bits per heavy atom. The van der Waals surface area contributed by atoms with Gasteiger partial charge in [-0.25, -0.2) is 18.6 Å². The van der Waals surface area contributed by atoms with Gasteiger partial charge in [0.1, 0.15) is 17.0 Å². The summed E-state index contributed by atoms with van der Waals surface area (Å²) < 4.78 is 27.9. The monoisotopic (exact) mass is 422 g/mol. The third kappa shape index (κ3) is 5.12. The van der Waals surface area contributed by atoms with Crippen LogP contribution in [-0.2, 0) is 0 Å². The van der Waals surface area contributed by atoms with Gasteiger partial charge >= 0.3 is 6.09 Å². The molecule has 1 heterocycles. The average Bonchev–Trinajstić information content (AvgIpc) is 2.61. The van der Waals surface area contributed by atoms with Gasteiger partial charge in [-0.1, -0.05) is 23.7 Å². The Balaban J connectivity index is 2.54. The van der Waals surface area contributed by atoms with Crippen LogP contribution in [0.2, 0.25) is 5.15 Å². The van der Waals surface area contributed by atoms with Gasteiger partial charge in [0, 0.05) is 5.54 Å². The third-order valence-electron chi connectivity index (χ3n) is 4.39. The number of amides is 1. The predicted octanol–water partition coefficient (Wildman–Crippen LogP) is 5.21. The molecule has 1 aromatic carbocycles. The lowest BCUT2D eigenvalue weighted by Crippen LogP contribution is -2.53. The molecule has 0 fully saturated rings. The molecule has 154 valence electrons. The molecule has 0 bridgehead atoms. The topological polar surface area (TPSA) is 89.3 Å². The van der Waals surface area contributed by atoms with E-state index in [1.807, 2.05) is 0 Å². The first-order chi connectivity index (χ1) is 13.5. The number of halogens is 3. The molecule has 1 aromatic heterocycles. The Morgan fingerprint density at radius 3 is 2.38 bits per heavy atom. The number of anilines is 1. The normalized spacial score (nSPS) is 13.3. The molecule has 0 radical (unpaired) electrons. The molecule has 9 heteroatoms. The van der Waals surface area contributed by atoms with E-state index in [1.54, 1.807) is 33.8 Å². The van der Waals surface area contributed by atoms with Crippen molar-refractivity contribution < 1.29 is 18.7 Å². The van der Waals surface area contributed by atoms with Gasteiger partial charge in [0.25, 0.3) is 0 Å². The number of pyridine rings is 1.